The summed E-state index contributed by atoms with van der Waals surface area (Å²) in [4.78, 5) is 1.13. The fourth-order valence-corrected chi connectivity index (χ4v) is 2.54. The maximum Gasteiger partial charge on any atom is 1.00 e. The van der Waals surface area contributed by atoms with Gasteiger partial charge in [-0.15, -0.1) is 11.3 Å². The summed E-state index contributed by atoms with van der Waals surface area (Å²) in [6.45, 7) is 1.91. The molecule has 0 amide bonds. The van der Waals surface area contributed by atoms with Crippen LogP contribution in [-0.4, -0.2) is 18.1 Å². The molecule has 1 aromatic heterocycles. The molecule has 1 N–H and O–H groups in total. The van der Waals surface area contributed by atoms with E-state index in [9.17, 15) is 13.0 Å². The van der Waals surface area contributed by atoms with Gasteiger partial charge in [-0.1, -0.05) is 6.92 Å². The molecule has 74 valence electrons. The predicted molar refractivity (Wildman–Crippen MR) is 48.4 cm³/mol. The van der Waals surface area contributed by atoms with Crippen molar-refractivity contribution >= 4 is 21.5 Å². The third kappa shape index (κ3) is 3.62. The van der Waals surface area contributed by atoms with Gasteiger partial charge < -0.3 is 9.66 Å². The van der Waals surface area contributed by atoms with Crippen molar-refractivity contribution in [2.24, 2.45) is 0 Å². The average molecular weight is 244 g/mol. The van der Waals surface area contributed by atoms with Crippen LogP contribution in [0.1, 0.15) is 22.1 Å². The monoisotopic (exact) mass is 244 g/mol. The molecule has 0 aromatic carbocycles. The number of rotatable bonds is 3. The molecule has 1 atom stereocenters. The minimum atomic E-state index is -4.63. The second kappa shape index (κ2) is 5.60. The van der Waals surface area contributed by atoms with Gasteiger partial charge in [0.25, 0.3) is 0 Å². The van der Waals surface area contributed by atoms with Gasteiger partial charge in [0.2, 0.25) is 0 Å². The van der Waals surface area contributed by atoms with Gasteiger partial charge >= 0.3 is 29.6 Å². The first kappa shape index (κ1) is 14.6. The van der Waals surface area contributed by atoms with E-state index in [-0.39, 0.29) is 34.4 Å². The van der Waals surface area contributed by atoms with E-state index in [0.717, 1.165) is 22.6 Å². The molecular weight excluding hydrogens is 235 g/mol. The Bertz CT molecular complexity index is 384. The zero-order valence-electron chi connectivity index (χ0n) is 7.93. The van der Waals surface area contributed by atoms with Crippen LogP contribution in [0.15, 0.2) is 12.1 Å². The van der Waals surface area contributed by atoms with Crippen molar-refractivity contribution in [3.05, 3.63) is 21.9 Å². The molecule has 0 spiro atoms. The summed E-state index contributed by atoms with van der Waals surface area (Å²) >= 11 is 1.14. The maximum atomic E-state index is 10.4. The quantitative estimate of drug-likeness (QED) is 0.486. The molecule has 0 aliphatic rings. The van der Waals surface area contributed by atoms with Crippen LogP contribution in [0.5, 0.6) is 0 Å². The minimum absolute atomic E-state index is 0. The van der Waals surface area contributed by atoms with Crippen molar-refractivity contribution in [2.75, 3.05) is 0 Å². The van der Waals surface area contributed by atoms with E-state index < -0.39 is 15.6 Å². The van der Waals surface area contributed by atoms with Crippen molar-refractivity contribution in [3.63, 3.8) is 0 Å². The fourth-order valence-electron chi connectivity index (χ4n) is 0.859. The first-order chi connectivity index (χ1) is 5.95. The standard InChI is InChI=1S/C7H10O4S2.Na/c1-2-5-3-4-6(12-5)7(8)13(9,10)11;/h3-4,7-8H,2H2,1H3,(H,9,10,11);/q;+1/p-1. The zero-order chi connectivity index (χ0) is 10.1. The van der Waals surface area contributed by atoms with Crippen LogP contribution in [0.4, 0.5) is 0 Å². The number of hydrogen-bond donors (Lipinski definition) is 1. The Hall–Kier alpha value is 0.570. The number of aliphatic hydroxyl groups excluding tert-OH is 1. The molecule has 1 heterocycles. The summed E-state index contributed by atoms with van der Waals surface area (Å²) in [7, 11) is -4.63. The predicted octanol–water partition coefficient (Wildman–Crippen LogP) is -2.15. The SMILES string of the molecule is CCc1ccc(C(O)S(=O)(=O)[O-])s1.[Na+]. The van der Waals surface area contributed by atoms with Gasteiger partial charge in [-0.05, 0) is 18.6 Å². The van der Waals surface area contributed by atoms with E-state index in [1.54, 1.807) is 6.07 Å². The molecule has 4 nitrogen and oxygen atoms in total. The van der Waals surface area contributed by atoms with Crippen LogP contribution in [0.2, 0.25) is 0 Å². The molecule has 0 saturated carbocycles. The Morgan fingerprint density at radius 2 is 2.14 bits per heavy atom. The van der Waals surface area contributed by atoms with E-state index in [4.69, 9.17) is 5.11 Å². The third-order valence-electron chi connectivity index (χ3n) is 1.55. The number of thiophene rings is 1. The Kier molecular flexibility index (Phi) is 5.83. The van der Waals surface area contributed by atoms with Crippen LogP contribution in [0.25, 0.3) is 0 Å². The van der Waals surface area contributed by atoms with Gasteiger partial charge in [0, 0.05) is 9.75 Å². The van der Waals surface area contributed by atoms with Crippen LogP contribution in [0.3, 0.4) is 0 Å². The fraction of sp³-hybridized carbons (Fsp3) is 0.429. The second-order valence-corrected chi connectivity index (χ2v) is 5.13. The molecule has 7 heteroatoms. The summed E-state index contributed by atoms with van der Waals surface area (Å²) < 4.78 is 31.3. The Morgan fingerprint density at radius 3 is 2.50 bits per heavy atom. The summed E-state index contributed by atoms with van der Waals surface area (Å²) in [6, 6.07) is 3.16. The van der Waals surface area contributed by atoms with Crippen molar-refractivity contribution in [2.45, 2.75) is 18.8 Å². The maximum absolute atomic E-state index is 10.4. The number of aliphatic hydroxyl groups is 1. The van der Waals surface area contributed by atoms with E-state index in [0.29, 0.717) is 0 Å². The molecular formula is C7H9NaO4S2. The van der Waals surface area contributed by atoms with Crippen LogP contribution >= 0.6 is 11.3 Å². The molecule has 0 fully saturated rings. The minimum Gasteiger partial charge on any atom is -0.746 e. The molecule has 0 aliphatic carbocycles. The van der Waals surface area contributed by atoms with Crippen LogP contribution in [-0.2, 0) is 16.5 Å². The normalized spacial score (nSPS) is 13.4. The van der Waals surface area contributed by atoms with Crippen molar-refractivity contribution < 1.29 is 47.6 Å². The van der Waals surface area contributed by atoms with E-state index >= 15 is 0 Å². The molecule has 14 heavy (non-hydrogen) atoms. The summed E-state index contributed by atoms with van der Waals surface area (Å²) in [5.41, 5.74) is -1.92. The smallest absolute Gasteiger partial charge is 0.746 e. The Balaban J connectivity index is 0.00000169. The Labute approximate surface area is 109 Å². The molecule has 0 radical (unpaired) electrons. The van der Waals surface area contributed by atoms with Gasteiger partial charge in [-0.3, -0.25) is 0 Å². The average Bonchev–Trinajstić information content (AvgIpc) is 2.48. The van der Waals surface area contributed by atoms with Gasteiger partial charge in [-0.25, -0.2) is 8.42 Å². The van der Waals surface area contributed by atoms with Gasteiger partial charge in [0.05, 0.1) is 0 Å². The molecule has 1 unspecified atom stereocenters. The van der Waals surface area contributed by atoms with Crippen LogP contribution in [0, 0.1) is 0 Å². The zero-order valence-corrected chi connectivity index (χ0v) is 11.6. The van der Waals surface area contributed by atoms with Gasteiger partial charge in [0.1, 0.15) is 10.1 Å². The molecule has 1 rings (SSSR count). The number of aryl methyl sites for hydroxylation is 1. The van der Waals surface area contributed by atoms with Gasteiger partial charge in [-0.2, -0.15) is 0 Å². The largest absolute Gasteiger partial charge is 1.00 e. The Morgan fingerprint density at radius 1 is 1.57 bits per heavy atom. The summed E-state index contributed by atoms with van der Waals surface area (Å²) in [5, 5.41) is 9.08. The van der Waals surface area contributed by atoms with Crippen molar-refractivity contribution in [1.29, 1.82) is 0 Å². The van der Waals surface area contributed by atoms with E-state index in [1.165, 1.54) is 6.07 Å². The van der Waals surface area contributed by atoms with E-state index in [1.807, 2.05) is 6.92 Å². The second-order valence-electron chi connectivity index (χ2n) is 2.50. The van der Waals surface area contributed by atoms with Crippen LogP contribution < -0.4 is 29.6 Å². The molecule has 0 bridgehead atoms. The molecule has 0 saturated heterocycles. The summed E-state index contributed by atoms with van der Waals surface area (Å²) in [6.07, 6.45) is 0.760. The third-order valence-corrected chi connectivity index (χ3v) is 3.78. The first-order valence-electron chi connectivity index (χ1n) is 3.66. The van der Waals surface area contributed by atoms with Crippen molar-refractivity contribution in [1.82, 2.24) is 0 Å². The first-order valence-corrected chi connectivity index (χ1v) is 5.95. The topological polar surface area (TPSA) is 77.4 Å². The number of hydrogen-bond acceptors (Lipinski definition) is 5. The molecule has 1 aromatic rings. The summed E-state index contributed by atoms with van der Waals surface area (Å²) in [5.74, 6) is 0. The van der Waals surface area contributed by atoms with E-state index in [2.05, 4.69) is 0 Å². The van der Waals surface area contributed by atoms with Gasteiger partial charge in [0.15, 0.2) is 5.44 Å². The molecule has 0 aliphatic heterocycles. The van der Waals surface area contributed by atoms with Crippen molar-refractivity contribution in [3.8, 4) is 0 Å².